The van der Waals surface area contributed by atoms with Crippen LogP contribution in [0, 0.1) is 11.7 Å². The molecule has 1 aromatic heterocycles. The van der Waals surface area contributed by atoms with Gasteiger partial charge in [0.15, 0.2) is 9.84 Å². The van der Waals surface area contributed by atoms with Gasteiger partial charge >= 0.3 is 0 Å². The molecule has 0 saturated heterocycles. The lowest BCUT2D eigenvalue weighted by Crippen LogP contribution is -2.15. The predicted molar refractivity (Wildman–Crippen MR) is 72.1 cm³/mol. The highest BCUT2D eigenvalue weighted by molar-refractivity contribution is 7.90. The van der Waals surface area contributed by atoms with Crippen LogP contribution >= 0.6 is 0 Å². The molecule has 5 nitrogen and oxygen atoms in total. The zero-order valence-corrected chi connectivity index (χ0v) is 12.1. The maximum Gasteiger partial charge on any atom is 0.188 e. The molecular formula is C13H16FN3O2S. The lowest BCUT2D eigenvalue weighted by molar-refractivity contribution is 0.469. The van der Waals surface area contributed by atoms with Crippen molar-refractivity contribution in [1.29, 1.82) is 0 Å². The van der Waals surface area contributed by atoms with Gasteiger partial charge < -0.3 is 0 Å². The Bertz CT molecular complexity index is 695. The fraction of sp³-hybridized carbons (Fsp3) is 0.385. The van der Waals surface area contributed by atoms with E-state index in [0.717, 1.165) is 6.07 Å². The first kappa shape index (κ1) is 14.6. The van der Waals surface area contributed by atoms with E-state index in [2.05, 4.69) is 10.1 Å². The van der Waals surface area contributed by atoms with Gasteiger partial charge in [0.1, 0.15) is 28.6 Å². The summed E-state index contributed by atoms with van der Waals surface area (Å²) in [5, 5.41) is 4.00. The third-order valence-corrected chi connectivity index (χ3v) is 4.36. The summed E-state index contributed by atoms with van der Waals surface area (Å²) in [6, 6.07) is 5.34. The molecule has 2 aromatic rings. The first-order chi connectivity index (χ1) is 9.40. The van der Waals surface area contributed by atoms with Crippen LogP contribution in [0.25, 0.3) is 0 Å². The second-order valence-electron chi connectivity index (χ2n) is 4.94. The van der Waals surface area contributed by atoms with Crippen LogP contribution in [0.4, 0.5) is 4.39 Å². The van der Waals surface area contributed by atoms with Crippen LogP contribution in [0.3, 0.4) is 0 Å². The fourth-order valence-electron chi connectivity index (χ4n) is 1.84. The molecule has 1 aromatic carbocycles. The molecule has 0 saturated carbocycles. The Labute approximate surface area is 117 Å². The molecule has 20 heavy (non-hydrogen) atoms. The topological polar surface area (TPSA) is 64.8 Å². The van der Waals surface area contributed by atoms with Crippen molar-refractivity contribution < 1.29 is 12.8 Å². The summed E-state index contributed by atoms with van der Waals surface area (Å²) in [7, 11) is -3.77. The van der Waals surface area contributed by atoms with E-state index in [-0.39, 0.29) is 10.6 Å². The Kier molecular flexibility index (Phi) is 4.17. The van der Waals surface area contributed by atoms with Crippen molar-refractivity contribution in [2.45, 2.75) is 31.0 Å². The van der Waals surface area contributed by atoms with Gasteiger partial charge in [0.25, 0.3) is 0 Å². The minimum Gasteiger partial charge on any atom is -0.249 e. The third-order valence-electron chi connectivity index (χ3n) is 2.72. The molecule has 7 heteroatoms. The zero-order chi connectivity index (χ0) is 14.8. The van der Waals surface area contributed by atoms with Gasteiger partial charge in [-0.25, -0.2) is 22.5 Å². The van der Waals surface area contributed by atoms with Crippen LogP contribution in [0.15, 0.2) is 35.5 Å². The second kappa shape index (κ2) is 5.70. The molecule has 0 aliphatic carbocycles. The van der Waals surface area contributed by atoms with E-state index in [1.165, 1.54) is 24.5 Å². The second-order valence-corrected chi connectivity index (χ2v) is 6.90. The van der Waals surface area contributed by atoms with Crippen molar-refractivity contribution in [1.82, 2.24) is 14.8 Å². The molecule has 2 rings (SSSR count). The average Bonchev–Trinajstić information content (AvgIpc) is 2.75. The lowest BCUT2D eigenvalue weighted by atomic mass is 10.2. The molecule has 0 aliphatic heterocycles. The molecular weight excluding hydrogens is 281 g/mol. The van der Waals surface area contributed by atoms with Gasteiger partial charge in [0.2, 0.25) is 0 Å². The first-order valence-electron chi connectivity index (χ1n) is 6.24. The van der Waals surface area contributed by atoms with Crippen LogP contribution in [-0.4, -0.2) is 23.2 Å². The molecule has 0 fully saturated rings. The summed E-state index contributed by atoms with van der Waals surface area (Å²) in [5.74, 6) is -0.475. The smallest absolute Gasteiger partial charge is 0.188 e. The summed E-state index contributed by atoms with van der Waals surface area (Å²) < 4.78 is 39.6. The maximum absolute atomic E-state index is 13.6. The molecule has 0 radical (unpaired) electrons. The van der Waals surface area contributed by atoms with E-state index in [1.807, 2.05) is 13.8 Å². The third kappa shape index (κ3) is 3.22. The van der Waals surface area contributed by atoms with Crippen molar-refractivity contribution in [3.05, 3.63) is 42.2 Å². The highest BCUT2D eigenvalue weighted by atomic mass is 32.2. The zero-order valence-electron chi connectivity index (χ0n) is 11.3. The van der Waals surface area contributed by atoms with E-state index in [1.54, 1.807) is 4.68 Å². The first-order valence-corrected chi connectivity index (χ1v) is 7.89. The standard InChI is InChI=1S/C13H16FN3O2S/c1-10(2)7-17-13(15-9-16-17)8-20(18,19)12-6-4-3-5-11(12)14/h3-6,9-10H,7-8H2,1-2H3. The van der Waals surface area contributed by atoms with Crippen LogP contribution < -0.4 is 0 Å². The molecule has 0 atom stereocenters. The van der Waals surface area contributed by atoms with Crippen molar-refractivity contribution >= 4 is 9.84 Å². The van der Waals surface area contributed by atoms with Crippen molar-refractivity contribution in [2.75, 3.05) is 0 Å². The van der Waals surface area contributed by atoms with Crippen LogP contribution in [0.1, 0.15) is 19.7 Å². The molecule has 0 bridgehead atoms. The minimum atomic E-state index is -3.77. The maximum atomic E-state index is 13.6. The van der Waals surface area contributed by atoms with E-state index in [4.69, 9.17) is 0 Å². The highest BCUT2D eigenvalue weighted by Gasteiger charge is 2.22. The summed E-state index contributed by atoms with van der Waals surface area (Å²) >= 11 is 0. The molecule has 0 aliphatic rings. The van der Waals surface area contributed by atoms with Gasteiger partial charge in [-0.2, -0.15) is 5.10 Å². The predicted octanol–water partition coefficient (Wildman–Crippen LogP) is 2.05. The summed E-state index contributed by atoms with van der Waals surface area (Å²) in [5.41, 5.74) is 0. The number of rotatable bonds is 5. The van der Waals surface area contributed by atoms with Crippen molar-refractivity contribution in [2.24, 2.45) is 5.92 Å². The van der Waals surface area contributed by atoms with E-state index in [9.17, 15) is 12.8 Å². The molecule has 0 amide bonds. The van der Waals surface area contributed by atoms with Crippen molar-refractivity contribution in [3.63, 3.8) is 0 Å². The number of halogens is 1. The van der Waals surface area contributed by atoms with E-state index >= 15 is 0 Å². The monoisotopic (exact) mass is 297 g/mol. The lowest BCUT2D eigenvalue weighted by Gasteiger charge is -2.09. The van der Waals surface area contributed by atoms with E-state index in [0.29, 0.717) is 18.3 Å². The van der Waals surface area contributed by atoms with E-state index < -0.39 is 15.7 Å². The van der Waals surface area contributed by atoms with Gasteiger partial charge in [0, 0.05) is 6.54 Å². The Hall–Kier alpha value is -1.76. The number of benzene rings is 1. The molecule has 0 spiro atoms. The molecule has 108 valence electrons. The average molecular weight is 297 g/mol. The fourth-order valence-corrected chi connectivity index (χ4v) is 3.21. The quantitative estimate of drug-likeness (QED) is 0.847. The SMILES string of the molecule is CC(C)Cn1ncnc1CS(=O)(=O)c1ccccc1F. The number of sulfone groups is 1. The Balaban J connectivity index is 2.30. The van der Waals surface area contributed by atoms with Gasteiger partial charge in [-0.3, -0.25) is 0 Å². The number of aromatic nitrogens is 3. The number of hydrogen-bond acceptors (Lipinski definition) is 4. The van der Waals surface area contributed by atoms with Gasteiger partial charge in [-0.15, -0.1) is 0 Å². The van der Waals surface area contributed by atoms with Crippen molar-refractivity contribution in [3.8, 4) is 0 Å². The summed E-state index contributed by atoms with van der Waals surface area (Å²) in [6.45, 7) is 4.57. The van der Waals surface area contributed by atoms with Gasteiger partial charge in [-0.1, -0.05) is 26.0 Å². The summed E-state index contributed by atoms with van der Waals surface area (Å²) in [4.78, 5) is 3.65. The Morgan fingerprint density at radius 1 is 1.30 bits per heavy atom. The van der Waals surface area contributed by atoms with Crippen LogP contribution in [-0.2, 0) is 22.1 Å². The van der Waals surface area contributed by atoms with Crippen LogP contribution in [0.2, 0.25) is 0 Å². The molecule has 0 N–H and O–H groups in total. The molecule has 1 heterocycles. The summed E-state index contributed by atoms with van der Waals surface area (Å²) in [6.07, 6.45) is 1.31. The van der Waals surface area contributed by atoms with Crippen LogP contribution in [0.5, 0.6) is 0 Å². The number of hydrogen-bond donors (Lipinski definition) is 0. The Morgan fingerprint density at radius 3 is 2.65 bits per heavy atom. The van der Waals surface area contributed by atoms with Gasteiger partial charge in [0.05, 0.1) is 0 Å². The minimum absolute atomic E-state index is 0.306. The largest absolute Gasteiger partial charge is 0.249 e. The number of nitrogens with zero attached hydrogens (tertiary/aromatic N) is 3. The van der Waals surface area contributed by atoms with Gasteiger partial charge in [-0.05, 0) is 18.1 Å². The Morgan fingerprint density at radius 2 is 2.00 bits per heavy atom. The normalized spacial score (nSPS) is 12.0. The highest BCUT2D eigenvalue weighted by Crippen LogP contribution is 2.18. The molecule has 0 unspecified atom stereocenters.